The maximum absolute atomic E-state index is 11.7. The average molecular weight is 376 g/mol. The van der Waals surface area contributed by atoms with Gasteiger partial charge in [-0.3, -0.25) is 9.78 Å². The number of aromatic nitrogens is 1. The minimum Gasteiger partial charge on any atom is -0.377 e. The van der Waals surface area contributed by atoms with E-state index >= 15 is 0 Å². The van der Waals surface area contributed by atoms with Crippen molar-refractivity contribution >= 4 is 5.91 Å². The van der Waals surface area contributed by atoms with E-state index < -0.39 is 11.5 Å². The molecule has 0 spiro atoms. The zero-order valence-electron chi connectivity index (χ0n) is 16.8. The molecule has 1 aromatic rings. The van der Waals surface area contributed by atoms with Crippen molar-refractivity contribution in [2.45, 2.75) is 50.7 Å². The Morgan fingerprint density at radius 1 is 1.37 bits per heavy atom. The summed E-state index contributed by atoms with van der Waals surface area (Å²) in [5, 5.41) is 0. The van der Waals surface area contributed by atoms with Crippen molar-refractivity contribution in [2.24, 2.45) is 17.6 Å². The number of carbonyl (C=O) groups is 1. The van der Waals surface area contributed by atoms with Crippen LogP contribution in [-0.2, 0) is 15.1 Å². The Balaban J connectivity index is 1.86. The summed E-state index contributed by atoms with van der Waals surface area (Å²) < 4.78 is 12.1. The molecule has 2 aliphatic rings. The van der Waals surface area contributed by atoms with E-state index in [1.54, 1.807) is 13.3 Å². The molecule has 1 aliphatic heterocycles. The molecule has 6 heteroatoms. The predicted octanol–water partition coefficient (Wildman–Crippen LogP) is 2.57. The number of amides is 1. The molecular formula is C21H33N3O3. The normalized spacial score (nSPS) is 31.3. The van der Waals surface area contributed by atoms with Gasteiger partial charge in [-0.15, -0.1) is 0 Å². The van der Waals surface area contributed by atoms with E-state index in [0.29, 0.717) is 23.6 Å². The number of primary amides is 1. The molecule has 2 fully saturated rings. The molecule has 0 aromatic carbocycles. The van der Waals surface area contributed by atoms with E-state index in [1.807, 2.05) is 12.1 Å². The van der Waals surface area contributed by atoms with E-state index in [0.717, 1.165) is 50.9 Å². The molecule has 1 aliphatic carbocycles. The Morgan fingerprint density at radius 2 is 2.19 bits per heavy atom. The number of methoxy groups -OCH3 is 1. The highest BCUT2D eigenvalue weighted by molar-refractivity contribution is 5.90. The van der Waals surface area contributed by atoms with Crippen molar-refractivity contribution in [3.63, 3.8) is 0 Å². The van der Waals surface area contributed by atoms with Crippen LogP contribution in [0.3, 0.4) is 0 Å². The highest BCUT2D eigenvalue weighted by Gasteiger charge is 2.48. The van der Waals surface area contributed by atoms with Crippen LogP contribution in [0.1, 0.15) is 55.1 Å². The van der Waals surface area contributed by atoms with Gasteiger partial charge < -0.3 is 20.1 Å². The van der Waals surface area contributed by atoms with Gasteiger partial charge in [-0.05, 0) is 56.3 Å². The lowest BCUT2D eigenvalue weighted by atomic mass is 9.65. The van der Waals surface area contributed by atoms with Gasteiger partial charge in [-0.2, -0.15) is 0 Å². The second-order valence-electron chi connectivity index (χ2n) is 8.18. The third-order valence-electron chi connectivity index (χ3n) is 6.40. The number of carbonyl (C=O) groups excluding carboxylic acids is 1. The van der Waals surface area contributed by atoms with Crippen LogP contribution in [0.15, 0.2) is 18.3 Å². The second kappa shape index (κ2) is 8.67. The Morgan fingerprint density at radius 3 is 2.85 bits per heavy atom. The SMILES string of the molecule is COC1(c2ccnc(C(N)=O)c2)C(C)CCCC1CN(C)C[C@H]1CCCO1. The lowest BCUT2D eigenvalue weighted by Gasteiger charge is -2.49. The van der Waals surface area contributed by atoms with E-state index in [1.165, 1.54) is 6.42 Å². The topological polar surface area (TPSA) is 77.7 Å². The predicted molar refractivity (Wildman–Crippen MR) is 104 cm³/mol. The average Bonchev–Trinajstić information content (AvgIpc) is 3.15. The summed E-state index contributed by atoms with van der Waals surface area (Å²) in [6.45, 7) is 5.02. The van der Waals surface area contributed by atoms with Crippen molar-refractivity contribution < 1.29 is 14.3 Å². The molecular weight excluding hydrogens is 342 g/mol. The minimum absolute atomic E-state index is 0.299. The monoisotopic (exact) mass is 375 g/mol. The number of hydrogen-bond acceptors (Lipinski definition) is 5. The summed E-state index contributed by atoms with van der Waals surface area (Å²) in [6, 6.07) is 3.80. The first-order chi connectivity index (χ1) is 13.0. The van der Waals surface area contributed by atoms with Crippen LogP contribution in [0.4, 0.5) is 0 Å². The fourth-order valence-electron chi connectivity index (χ4n) is 5.13. The second-order valence-corrected chi connectivity index (χ2v) is 8.18. The van der Waals surface area contributed by atoms with Gasteiger partial charge in [0.15, 0.2) is 0 Å². The third-order valence-corrected chi connectivity index (χ3v) is 6.40. The number of hydrogen-bond donors (Lipinski definition) is 1. The van der Waals surface area contributed by atoms with Crippen LogP contribution in [0.2, 0.25) is 0 Å². The molecule has 6 nitrogen and oxygen atoms in total. The molecule has 2 N–H and O–H groups in total. The summed E-state index contributed by atoms with van der Waals surface area (Å²) in [7, 11) is 3.96. The van der Waals surface area contributed by atoms with Crippen molar-refractivity contribution in [1.82, 2.24) is 9.88 Å². The van der Waals surface area contributed by atoms with E-state index in [9.17, 15) is 4.79 Å². The molecule has 3 unspecified atom stereocenters. The first-order valence-electron chi connectivity index (χ1n) is 10.1. The molecule has 27 heavy (non-hydrogen) atoms. The maximum atomic E-state index is 11.7. The van der Waals surface area contributed by atoms with Gasteiger partial charge in [0, 0.05) is 38.9 Å². The first-order valence-corrected chi connectivity index (χ1v) is 10.1. The number of nitrogens with two attached hydrogens (primary N) is 1. The van der Waals surface area contributed by atoms with Gasteiger partial charge in [-0.1, -0.05) is 13.3 Å². The number of pyridine rings is 1. The zero-order chi connectivity index (χ0) is 19.4. The number of rotatable bonds is 7. The Labute approximate surface area is 162 Å². The number of ether oxygens (including phenoxy) is 2. The summed E-state index contributed by atoms with van der Waals surface area (Å²) >= 11 is 0. The molecule has 0 bridgehead atoms. The Kier molecular flexibility index (Phi) is 6.50. The first kappa shape index (κ1) is 20.2. The number of likely N-dealkylation sites (N-methyl/N-ethyl adjacent to an activating group) is 1. The van der Waals surface area contributed by atoms with Crippen molar-refractivity contribution in [2.75, 3.05) is 33.9 Å². The largest absolute Gasteiger partial charge is 0.377 e. The van der Waals surface area contributed by atoms with E-state index in [2.05, 4.69) is 23.9 Å². The van der Waals surface area contributed by atoms with Crippen LogP contribution in [0.25, 0.3) is 0 Å². The molecule has 0 radical (unpaired) electrons. The van der Waals surface area contributed by atoms with Gasteiger partial charge in [0.1, 0.15) is 5.69 Å². The van der Waals surface area contributed by atoms with Crippen LogP contribution in [0.5, 0.6) is 0 Å². The zero-order valence-corrected chi connectivity index (χ0v) is 16.8. The molecule has 1 saturated carbocycles. The van der Waals surface area contributed by atoms with Gasteiger partial charge in [0.05, 0.1) is 11.7 Å². The fourth-order valence-corrected chi connectivity index (χ4v) is 5.13. The maximum Gasteiger partial charge on any atom is 0.267 e. The quantitative estimate of drug-likeness (QED) is 0.792. The van der Waals surface area contributed by atoms with Crippen LogP contribution in [-0.4, -0.2) is 55.7 Å². The van der Waals surface area contributed by atoms with Gasteiger partial charge in [0.25, 0.3) is 5.91 Å². The summed E-state index contributed by atoms with van der Waals surface area (Å²) in [5.41, 5.74) is 6.35. The standard InChI is InChI=1S/C21H33N3O3/c1-15-6-4-7-17(13-24(2)14-18-8-5-11-27-18)21(15,26-3)16-9-10-23-19(12-16)20(22)25/h9-10,12,15,17-18H,4-8,11,13-14H2,1-3H3,(H2,22,25)/t15?,17?,18-,21?/m1/s1. The van der Waals surface area contributed by atoms with Crippen molar-refractivity contribution in [1.29, 1.82) is 0 Å². The molecule has 1 saturated heterocycles. The highest BCUT2D eigenvalue weighted by Crippen LogP contribution is 2.48. The van der Waals surface area contributed by atoms with Crippen molar-refractivity contribution in [3.05, 3.63) is 29.6 Å². The van der Waals surface area contributed by atoms with Crippen LogP contribution >= 0.6 is 0 Å². The molecule has 1 amide bonds. The third kappa shape index (κ3) is 4.18. The minimum atomic E-state index is -0.501. The Bertz CT molecular complexity index is 647. The van der Waals surface area contributed by atoms with Crippen LogP contribution in [0, 0.1) is 11.8 Å². The molecule has 1 aromatic heterocycles. The van der Waals surface area contributed by atoms with E-state index in [-0.39, 0.29) is 0 Å². The molecule has 3 rings (SSSR count). The summed E-state index contributed by atoms with van der Waals surface area (Å²) in [4.78, 5) is 18.2. The van der Waals surface area contributed by atoms with Gasteiger partial charge >= 0.3 is 0 Å². The van der Waals surface area contributed by atoms with Crippen molar-refractivity contribution in [3.8, 4) is 0 Å². The summed E-state index contributed by atoms with van der Waals surface area (Å²) in [5.74, 6) is 0.180. The molecule has 4 atom stereocenters. The number of nitrogens with zero attached hydrogens (tertiary/aromatic N) is 2. The highest BCUT2D eigenvalue weighted by atomic mass is 16.5. The van der Waals surface area contributed by atoms with Gasteiger partial charge in [0.2, 0.25) is 0 Å². The molecule has 150 valence electrons. The summed E-state index contributed by atoms with van der Waals surface area (Å²) in [6.07, 6.45) is 7.72. The lowest BCUT2D eigenvalue weighted by molar-refractivity contribution is -0.132. The fraction of sp³-hybridized carbons (Fsp3) is 0.714. The van der Waals surface area contributed by atoms with Crippen LogP contribution < -0.4 is 5.73 Å². The smallest absolute Gasteiger partial charge is 0.267 e. The Hall–Kier alpha value is -1.50. The van der Waals surface area contributed by atoms with Gasteiger partial charge in [-0.25, -0.2) is 0 Å². The van der Waals surface area contributed by atoms with E-state index in [4.69, 9.17) is 15.2 Å². The lowest BCUT2D eigenvalue weighted by Crippen LogP contribution is -2.50. The molecule has 2 heterocycles.